The quantitative estimate of drug-likeness (QED) is 0.484. The number of carbonyl (C=O) groups excluding carboxylic acids is 2. The van der Waals surface area contributed by atoms with Gasteiger partial charge in [-0.15, -0.1) is 11.6 Å². The summed E-state index contributed by atoms with van der Waals surface area (Å²) >= 11 is 5.29. The SMILES string of the molecule is COc1cc(C(F)(F)F)cc(C(=O)CCl)c1C=O. The topological polar surface area (TPSA) is 43.4 Å². The van der Waals surface area contributed by atoms with Crippen molar-refractivity contribution in [2.75, 3.05) is 13.0 Å². The summed E-state index contributed by atoms with van der Waals surface area (Å²) in [4.78, 5) is 22.3. The highest BCUT2D eigenvalue weighted by atomic mass is 35.5. The summed E-state index contributed by atoms with van der Waals surface area (Å²) in [6, 6.07) is 1.26. The first-order valence-corrected chi connectivity index (χ1v) is 5.22. The number of benzene rings is 1. The number of rotatable bonds is 4. The molecule has 18 heavy (non-hydrogen) atoms. The summed E-state index contributed by atoms with van der Waals surface area (Å²) in [6.07, 6.45) is -4.38. The smallest absolute Gasteiger partial charge is 0.416 e. The van der Waals surface area contributed by atoms with Gasteiger partial charge in [-0.05, 0) is 12.1 Å². The van der Waals surface area contributed by atoms with Gasteiger partial charge in [0.2, 0.25) is 0 Å². The maximum absolute atomic E-state index is 12.6. The summed E-state index contributed by atoms with van der Waals surface area (Å²) in [6.45, 7) is 0. The predicted molar refractivity (Wildman–Crippen MR) is 58.4 cm³/mol. The summed E-state index contributed by atoms with van der Waals surface area (Å²) in [7, 11) is 1.11. The molecule has 0 bridgehead atoms. The Morgan fingerprint density at radius 2 is 2.06 bits per heavy atom. The third kappa shape index (κ3) is 2.81. The molecule has 0 amide bonds. The van der Waals surface area contributed by atoms with Crippen molar-refractivity contribution in [1.82, 2.24) is 0 Å². The van der Waals surface area contributed by atoms with Crippen LogP contribution in [0, 0.1) is 0 Å². The second-order valence-electron chi connectivity index (χ2n) is 3.31. The zero-order valence-electron chi connectivity index (χ0n) is 9.18. The van der Waals surface area contributed by atoms with Crippen LogP contribution < -0.4 is 4.74 Å². The molecule has 7 heteroatoms. The van der Waals surface area contributed by atoms with Crippen LogP contribution in [0.2, 0.25) is 0 Å². The van der Waals surface area contributed by atoms with Crippen molar-refractivity contribution in [2.24, 2.45) is 0 Å². The van der Waals surface area contributed by atoms with Crippen molar-refractivity contribution in [1.29, 1.82) is 0 Å². The van der Waals surface area contributed by atoms with E-state index in [4.69, 9.17) is 11.6 Å². The number of hydrogen-bond donors (Lipinski definition) is 0. The van der Waals surface area contributed by atoms with Gasteiger partial charge < -0.3 is 4.74 Å². The lowest BCUT2D eigenvalue weighted by Gasteiger charge is -2.13. The molecule has 0 saturated heterocycles. The number of Topliss-reactive ketones (excluding diaryl/α,β-unsaturated/α-hetero) is 1. The minimum Gasteiger partial charge on any atom is -0.496 e. The first kappa shape index (κ1) is 14.5. The second-order valence-corrected chi connectivity index (χ2v) is 3.58. The average molecular weight is 281 g/mol. The van der Waals surface area contributed by atoms with Gasteiger partial charge in [0.25, 0.3) is 0 Å². The standard InChI is InChI=1S/C11H8ClF3O3/c1-18-10-3-6(11(13,14)15)2-7(8(10)5-16)9(17)4-12/h2-3,5H,4H2,1H3. The second kappa shape index (κ2) is 5.39. The van der Waals surface area contributed by atoms with Crippen LogP contribution in [0.15, 0.2) is 12.1 Å². The van der Waals surface area contributed by atoms with E-state index in [2.05, 4.69) is 4.74 Å². The highest BCUT2D eigenvalue weighted by Gasteiger charge is 2.33. The number of ketones is 1. The first-order valence-electron chi connectivity index (χ1n) is 4.68. The fourth-order valence-electron chi connectivity index (χ4n) is 1.38. The molecule has 0 heterocycles. The number of halogens is 4. The molecule has 0 radical (unpaired) electrons. The van der Waals surface area contributed by atoms with E-state index in [0.717, 1.165) is 7.11 Å². The van der Waals surface area contributed by atoms with Gasteiger partial charge in [-0.1, -0.05) is 0 Å². The summed E-state index contributed by atoms with van der Waals surface area (Å²) in [5.41, 5.74) is -1.71. The fraction of sp³-hybridized carbons (Fsp3) is 0.273. The number of aldehydes is 1. The van der Waals surface area contributed by atoms with Crippen LogP contribution in [0.4, 0.5) is 13.2 Å². The third-order valence-electron chi connectivity index (χ3n) is 2.23. The van der Waals surface area contributed by atoms with Gasteiger partial charge in [-0.2, -0.15) is 13.2 Å². The zero-order valence-corrected chi connectivity index (χ0v) is 9.93. The molecule has 1 rings (SSSR count). The van der Waals surface area contributed by atoms with E-state index < -0.39 is 29.0 Å². The molecule has 3 nitrogen and oxygen atoms in total. The highest BCUT2D eigenvalue weighted by Crippen LogP contribution is 2.34. The number of alkyl halides is 4. The molecule has 0 saturated carbocycles. The minimum absolute atomic E-state index is 0.240. The molecule has 0 fully saturated rings. The number of carbonyl (C=O) groups is 2. The van der Waals surface area contributed by atoms with Crippen molar-refractivity contribution in [3.05, 3.63) is 28.8 Å². The van der Waals surface area contributed by atoms with Crippen molar-refractivity contribution in [3.63, 3.8) is 0 Å². The average Bonchev–Trinajstić information content (AvgIpc) is 2.34. The Hall–Kier alpha value is -1.56. The Labute approximate surface area is 105 Å². The third-order valence-corrected chi connectivity index (χ3v) is 2.47. The monoisotopic (exact) mass is 280 g/mol. The van der Waals surface area contributed by atoms with E-state index in [9.17, 15) is 22.8 Å². The number of ether oxygens (including phenoxy) is 1. The summed E-state index contributed by atoms with van der Waals surface area (Å²) in [5.74, 6) is -1.61. The lowest BCUT2D eigenvalue weighted by Crippen LogP contribution is -2.12. The Morgan fingerprint density at radius 1 is 1.44 bits per heavy atom. The van der Waals surface area contributed by atoms with Gasteiger partial charge in [0.15, 0.2) is 12.1 Å². The number of hydrogen-bond acceptors (Lipinski definition) is 3. The van der Waals surface area contributed by atoms with E-state index >= 15 is 0 Å². The van der Waals surface area contributed by atoms with Gasteiger partial charge in [-0.3, -0.25) is 9.59 Å². The molecule has 0 unspecified atom stereocenters. The molecule has 0 aliphatic heterocycles. The molecule has 0 atom stereocenters. The molecule has 1 aromatic carbocycles. The van der Waals surface area contributed by atoms with Gasteiger partial charge in [0.05, 0.1) is 24.1 Å². The Morgan fingerprint density at radius 3 is 2.44 bits per heavy atom. The molecular formula is C11H8ClF3O3. The molecule has 1 aromatic rings. The molecule has 0 aliphatic carbocycles. The van der Waals surface area contributed by atoms with E-state index in [-0.39, 0.29) is 17.6 Å². The van der Waals surface area contributed by atoms with Crippen molar-refractivity contribution in [2.45, 2.75) is 6.18 Å². The van der Waals surface area contributed by atoms with E-state index in [0.29, 0.717) is 12.1 Å². The van der Waals surface area contributed by atoms with Crippen molar-refractivity contribution < 1.29 is 27.5 Å². The lowest BCUT2D eigenvalue weighted by molar-refractivity contribution is -0.137. The summed E-state index contributed by atoms with van der Waals surface area (Å²) < 4.78 is 42.5. The van der Waals surface area contributed by atoms with E-state index in [1.165, 1.54) is 0 Å². The van der Waals surface area contributed by atoms with Gasteiger partial charge in [0, 0.05) is 5.56 Å². The first-order chi connectivity index (χ1) is 8.35. The molecule has 0 aliphatic rings. The summed E-state index contributed by atoms with van der Waals surface area (Å²) in [5, 5.41) is 0. The zero-order chi connectivity index (χ0) is 13.9. The number of methoxy groups -OCH3 is 1. The molecule has 0 spiro atoms. The van der Waals surface area contributed by atoms with E-state index in [1.807, 2.05) is 0 Å². The van der Waals surface area contributed by atoms with Crippen LogP contribution in [0.1, 0.15) is 26.3 Å². The van der Waals surface area contributed by atoms with Crippen LogP contribution in [0.25, 0.3) is 0 Å². The maximum atomic E-state index is 12.6. The Balaban J connectivity index is 3.55. The molecule has 98 valence electrons. The fourth-order valence-corrected chi connectivity index (χ4v) is 1.53. The largest absolute Gasteiger partial charge is 0.496 e. The molecular weight excluding hydrogens is 273 g/mol. The van der Waals surface area contributed by atoms with Crippen LogP contribution >= 0.6 is 11.6 Å². The van der Waals surface area contributed by atoms with Crippen LogP contribution in [-0.4, -0.2) is 25.1 Å². The van der Waals surface area contributed by atoms with Crippen LogP contribution in [-0.2, 0) is 6.18 Å². The van der Waals surface area contributed by atoms with Gasteiger partial charge in [0.1, 0.15) is 5.75 Å². The Kier molecular flexibility index (Phi) is 4.34. The van der Waals surface area contributed by atoms with Gasteiger partial charge >= 0.3 is 6.18 Å². The van der Waals surface area contributed by atoms with E-state index in [1.54, 1.807) is 0 Å². The predicted octanol–water partition coefficient (Wildman–Crippen LogP) is 2.95. The molecule has 0 aromatic heterocycles. The minimum atomic E-state index is -4.64. The highest BCUT2D eigenvalue weighted by molar-refractivity contribution is 6.31. The van der Waals surface area contributed by atoms with Crippen molar-refractivity contribution in [3.8, 4) is 5.75 Å². The van der Waals surface area contributed by atoms with Crippen LogP contribution in [0.5, 0.6) is 5.75 Å². The molecule has 0 N–H and O–H groups in total. The van der Waals surface area contributed by atoms with Gasteiger partial charge in [-0.25, -0.2) is 0 Å². The van der Waals surface area contributed by atoms with Crippen LogP contribution in [0.3, 0.4) is 0 Å². The Bertz CT molecular complexity index is 483. The lowest BCUT2D eigenvalue weighted by atomic mass is 10.0. The maximum Gasteiger partial charge on any atom is 0.416 e. The van der Waals surface area contributed by atoms with Crippen molar-refractivity contribution >= 4 is 23.7 Å². The normalized spacial score (nSPS) is 11.2.